The van der Waals surface area contributed by atoms with Crippen LogP contribution in [-0.2, 0) is 27.3 Å². The molecule has 0 rings (SSSR count). The van der Waals surface area contributed by atoms with Crippen LogP contribution in [0, 0.1) is 0 Å². The van der Waals surface area contributed by atoms with Crippen molar-refractivity contribution in [3.63, 3.8) is 0 Å². The summed E-state index contributed by atoms with van der Waals surface area (Å²) in [5.74, 6) is 0. The molecule has 0 spiro atoms. The first-order chi connectivity index (χ1) is 8.29. The molecule has 0 unspecified atom stereocenters. The van der Waals surface area contributed by atoms with Crippen LogP contribution in [-0.4, -0.2) is 143 Å². The summed E-state index contributed by atoms with van der Waals surface area (Å²) in [4.78, 5) is 50.9. The zero-order chi connectivity index (χ0) is 15.3. The van der Waals surface area contributed by atoms with Crippen LogP contribution in [0.5, 0.6) is 0 Å². The standard InChI is InChI=1S/C3H12NO12P3.3Na/c5-17(6,7)14-1-4(2-15-18(8,9)10)3-16-19(11,12)13;;;/h1-3H2,(H2,5,6,7)(H2,8,9,10)(H2,11,12,13);;;. The molecular formula is C3H12NNa3O12P3. The molecule has 22 heavy (non-hydrogen) atoms. The average molecular weight is 416 g/mol. The second-order valence-corrected chi connectivity index (χ2v) is 6.64. The molecule has 0 bridgehead atoms. The van der Waals surface area contributed by atoms with Gasteiger partial charge in [-0.15, -0.1) is 0 Å². The summed E-state index contributed by atoms with van der Waals surface area (Å²) >= 11 is 0. The van der Waals surface area contributed by atoms with Crippen molar-refractivity contribution in [3.05, 3.63) is 0 Å². The summed E-state index contributed by atoms with van der Waals surface area (Å²) in [5.41, 5.74) is 0. The monoisotopic (exact) mass is 416 g/mol. The van der Waals surface area contributed by atoms with Gasteiger partial charge in [-0.05, 0) is 0 Å². The van der Waals surface area contributed by atoms with Crippen LogP contribution in [0.4, 0.5) is 0 Å². The molecule has 0 amide bonds. The van der Waals surface area contributed by atoms with Gasteiger partial charge in [0.15, 0.2) is 0 Å². The first-order valence-electron chi connectivity index (χ1n) is 4.11. The summed E-state index contributed by atoms with van der Waals surface area (Å²) in [6, 6.07) is 0. The van der Waals surface area contributed by atoms with Crippen molar-refractivity contribution in [3.8, 4) is 0 Å². The Morgan fingerprint density at radius 3 is 0.909 bits per heavy atom. The van der Waals surface area contributed by atoms with E-state index in [1.54, 1.807) is 0 Å². The molecule has 19 heteroatoms. The predicted octanol–water partition coefficient (Wildman–Crippen LogP) is -2.65. The van der Waals surface area contributed by atoms with Crippen LogP contribution >= 0.6 is 23.5 Å². The molecule has 0 aromatic carbocycles. The van der Waals surface area contributed by atoms with Gasteiger partial charge in [-0.25, -0.2) is 18.6 Å². The molecule has 0 fully saturated rings. The Bertz CT molecular complexity index is 355. The minimum atomic E-state index is -4.89. The van der Waals surface area contributed by atoms with E-state index in [-0.39, 0.29) is 88.7 Å². The largest absolute Gasteiger partial charge is 0.470 e. The normalized spacial score (nSPS) is 12.1. The molecule has 6 N–H and O–H groups in total. The molecule has 0 saturated carbocycles. The Morgan fingerprint density at radius 2 is 0.773 bits per heavy atom. The van der Waals surface area contributed by atoms with Crippen LogP contribution in [0.2, 0.25) is 0 Å². The number of phosphoric acid groups is 3. The summed E-state index contributed by atoms with van der Waals surface area (Å²) in [7, 11) is -14.7. The van der Waals surface area contributed by atoms with Gasteiger partial charge in [0.05, 0.1) is 0 Å². The molecule has 0 aliphatic carbocycles. The molecule has 0 aromatic heterocycles. The van der Waals surface area contributed by atoms with Crippen molar-refractivity contribution in [2.24, 2.45) is 0 Å². The van der Waals surface area contributed by atoms with E-state index in [1.807, 2.05) is 0 Å². The zero-order valence-electron chi connectivity index (χ0n) is 12.0. The minimum Gasteiger partial charge on any atom is -0.303 e. The molecule has 0 heterocycles. The van der Waals surface area contributed by atoms with Gasteiger partial charge in [-0.1, -0.05) is 0 Å². The van der Waals surface area contributed by atoms with E-state index in [2.05, 4.69) is 13.6 Å². The van der Waals surface area contributed by atoms with Crippen molar-refractivity contribution in [1.29, 1.82) is 0 Å². The fraction of sp³-hybridized carbons (Fsp3) is 1.00. The molecule has 0 aliphatic rings. The van der Waals surface area contributed by atoms with Crippen molar-refractivity contribution < 1.29 is 56.6 Å². The SMILES string of the molecule is O=P(O)(O)OCN(COP(=O)(O)O)COP(=O)(O)O.[Na].[Na].[Na]. The number of phosphoric ester groups is 3. The van der Waals surface area contributed by atoms with Crippen molar-refractivity contribution in [1.82, 2.24) is 4.90 Å². The maximum Gasteiger partial charge on any atom is 0.470 e. The van der Waals surface area contributed by atoms with Gasteiger partial charge < -0.3 is 29.4 Å². The fourth-order valence-electron chi connectivity index (χ4n) is 0.582. The topological polar surface area (TPSA) is 204 Å². The van der Waals surface area contributed by atoms with Gasteiger partial charge >= 0.3 is 23.5 Å². The van der Waals surface area contributed by atoms with Crippen LogP contribution < -0.4 is 0 Å². The number of rotatable bonds is 9. The van der Waals surface area contributed by atoms with Crippen LogP contribution in [0.25, 0.3) is 0 Å². The Labute approximate surface area is 191 Å². The van der Waals surface area contributed by atoms with Crippen LogP contribution in [0.15, 0.2) is 0 Å². The Hall–Kier alpha value is 3.29. The quantitative estimate of drug-likeness (QED) is 0.129. The van der Waals surface area contributed by atoms with Gasteiger partial charge in [0, 0.05) is 88.7 Å². The number of nitrogens with zero attached hydrogens (tertiary/aromatic N) is 1. The van der Waals surface area contributed by atoms with Crippen molar-refractivity contribution in [2.75, 3.05) is 20.2 Å². The summed E-state index contributed by atoms with van der Waals surface area (Å²) in [5, 5.41) is 0. The smallest absolute Gasteiger partial charge is 0.303 e. The number of hydrogen-bond acceptors (Lipinski definition) is 7. The fourth-order valence-corrected chi connectivity index (χ4v) is 1.52. The molecule has 0 aliphatic heterocycles. The third-order valence-corrected chi connectivity index (χ3v) is 2.58. The predicted molar refractivity (Wildman–Crippen MR) is 73.1 cm³/mol. The van der Waals surface area contributed by atoms with Crippen molar-refractivity contribution >= 4 is 112 Å². The van der Waals surface area contributed by atoms with E-state index in [4.69, 9.17) is 29.4 Å². The third-order valence-electron chi connectivity index (χ3n) is 1.23. The maximum atomic E-state index is 10.4. The van der Waals surface area contributed by atoms with Crippen LogP contribution in [0.3, 0.4) is 0 Å². The molecule has 0 saturated heterocycles. The molecule has 13 nitrogen and oxygen atoms in total. The van der Waals surface area contributed by atoms with E-state index >= 15 is 0 Å². The van der Waals surface area contributed by atoms with Gasteiger partial charge in [0.25, 0.3) is 0 Å². The van der Waals surface area contributed by atoms with Gasteiger partial charge in [0.2, 0.25) is 0 Å². The minimum absolute atomic E-state index is 0. The summed E-state index contributed by atoms with van der Waals surface area (Å²) in [6.07, 6.45) is 0. The summed E-state index contributed by atoms with van der Waals surface area (Å²) < 4.78 is 43.0. The van der Waals surface area contributed by atoms with E-state index in [1.165, 1.54) is 0 Å². The molecule has 3 radical (unpaired) electrons. The third kappa shape index (κ3) is 25.5. The summed E-state index contributed by atoms with van der Waals surface area (Å²) in [6.45, 7) is -2.86. The van der Waals surface area contributed by atoms with Crippen LogP contribution in [0.1, 0.15) is 0 Å². The van der Waals surface area contributed by atoms with E-state index in [9.17, 15) is 13.7 Å². The average Bonchev–Trinajstić information content (AvgIpc) is 2.11. The van der Waals surface area contributed by atoms with E-state index in [0.29, 0.717) is 4.90 Å². The Balaban J connectivity index is -0.000000540. The first-order valence-corrected chi connectivity index (χ1v) is 8.70. The molecule has 0 aromatic rings. The van der Waals surface area contributed by atoms with Gasteiger partial charge in [0.1, 0.15) is 20.2 Å². The molecular weight excluding hydrogens is 404 g/mol. The molecule has 119 valence electrons. The Morgan fingerprint density at radius 1 is 0.591 bits per heavy atom. The van der Waals surface area contributed by atoms with Crippen molar-refractivity contribution in [2.45, 2.75) is 0 Å². The first kappa shape index (κ1) is 32.9. The van der Waals surface area contributed by atoms with Gasteiger partial charge in [-0.3, -0.25) is 13.6 Å². The van der Waals surface area contributed by atoms with E-state index in [0.717, 1.165) is 0 Å². The molecule has 0 atom stereocenters. The Kier molecular flexibility index (Phi) is 21.5. The van der Waals surface area contributed by atoms with E-state index < -0.39 is 43.7 Å². The number of hydrogen-bond donors (Lipinski definition) is 6. The second kappa shape index (κ2) is 14.4. The zero-order valence-corrected chi connectivity index (χ0v) is 20.7. The second-order valence-electron chi connectivity index (χ2n) is 2.92. The van der Waals surface area contributed by atoms with Gasteiger partial charge in [-0.2, -0.15) is 0 Å². The maximum absolute atomic E-state index is 10.4.